The van der Waals surface area contributed by atoms with E-state index in [1.165, 1.54) is 32.1 Å². The van der Waals surface area contributed by atoms with Crippen LogP contribution in [0.4, 0.5) is 0 Å². The molecule has 1 aromatic rings. The van der Waals surface area contributed by atoms with Crippen LogP contribution in [-0.4, -0.2) is 23.3 Å². The maximum absolute atomic E-state index is 12.8. The molecule has 6 rings (SSSR count). The molecule has 0 heterocycles. The molecule has 2 bridgehead atoms. The minimum absolute atomic E-state index is 0.0609. The van der Waals surface area contributed by atoms with Gasteiger partial charge in [-0.15, -0.1) is 0 Å². The molecule has 5 aliphatic rings. The molecule has 0 amide bonds. The summed E-state index contributed by atoms with van der Waals surface area (Å²) in [6, 6.07) is 9.93. The first-order valence-electron chi connectivity index (χ1n) is 12.8. The molecule has 0 aliphatic heterocycles. The van der Waals surface area contributed by atoms with Gasteiger partial charge in [-0.2, -0.15) is 0 Å². The van der Waals surface area contributed by atoms with Crippen LogP contribution in [0.25, 0.3) is 6.08 Å². The van der Waals surface area contributed by atoms with Crippen molar-refractivity contribution in [3.63, 3.8) is 0 Å². The molecule has 5 saturated carbocycles. The van der Waals surface area contributed by atoms with Gasteiger partial charge in [-0.3, -0.25) is 0 Å². The number of rotatable bonds is 4. The average Bonchev–Trinajstić information content (AvgIpc) is 2.75. The minimum atomic E-state index is -0.526. The zero-order valence-corrected chi connectivity index (χ0v) is 20.1. The first kappa shape index (κ1) is 22.2. The summed E-state index contributed by atoms with van der Waals surface area (Å²) in [5, 5.41) is 11.2. The van der Waals surface area contributed by atoms with Gasteiger partial charge in [-0.1, -0.05) is 50.6 Å². The van der Waals surface area contributed by atoms with E-state index < -0.39 is 5.60 Å². The molecule has 3 nitrogen and oxygen atoms in total. The van der Waals surface area contributed by atoms with E-state index in [1.807, 2.05) is 36.4 Å². The Morgan fingerprint density at radius 3 is 2.56 bits per heavy atom. The van der Waals surface area contributed by atoms with E-state index in [2.05, 4.69) is 20.8 Å². The number of esters is 1. The molecule has 0 aromatic heterocycles. The predicted molar refractivity (Wildman–Crippen MR) is 128 cm³/mol. The van der Waals surface area contributed by atoms with Crippen molar-refractivity contribution in [3.8, 4) is 0 Å². The van der Waals surface area contributed by atoms with Crippen LogP contribution in [0, 0.1) is 34.0 Å². The monoisotopic (exact) mass is 436 g/mol. The number of fused-ring (bicyclic) bond motifs is 3. The average molecular weight is 437 g/mol. The predicted octanol–water partition coefficient (Wildman–Crippen LogP) is 6.41. The Bertz CT molecular complexity index is 885. The van der Waals surface area contributed by atoms with Crippen molar-refractivity contribution in [3.05, 3.63) is 42.0 Å². The zero-order chi connectivity index (χ0) is 22.6. The van der Waals surface area contributed by atoms with Crippen molar-refractivity contribution in [2.45, 2.75) is 84.2 Å². The fourth-order valence-corrected chi connectivity index (χ4v) is 8.94. The van der Waals surface area contributed by atoms with Gasteiger partial charge in [-0.05, 0) is 98.5 Å². The second-order valence-electron chi connectivity index (χ2n) is 12.4. The topological polar surface area (TPSA) is 46.5 Å². The van der Waals surface area contributed by atoms with E-state index >= 15 is 0 Å². The number of carbonyl (C=O) groups excluding carboxylic acids is 1. The summed E-state index contributed by atoms with van der Waals surface area (Å²) in [5.41, 5.74) is 1.07. The van der Waals surface area contributed by atoms with Crippen LogP contribution in [-0.2, 0) is 9.53 Å². The van der Waals surface area contributed by atoms with Crippen molar-refractivity contribution in [2.75, 3.05) is 6.61 Å². The summed E-state index contributed by atoms with van der Waals surface area (Å²) >= 11 is 0. The van der Waals surface area contributed by atoms with Crippen LogP contribution in [0.1, 0.15) is 84.1 Å². The number of carbonyl (C=O) groups is 1. The summed E-state index contributed by atoms with van der Waals surface area (Å²) < 4.78 is 6.07. The lowest BCUT2D eigenvalue weighted by Gasteiger charge is -2.70. The van der Waals surface area contributed by atoms with Crippen molar-refractivity contribution in [1.29, 1.82) is 0 Å². The highest BCUT2D eigenvalue weighted by Gasteiger charge is 2.67. The highest BCUT2D eigenvalue weighted by atomic mass is 16.5. The molecule has 3 heteroatoms. The lowest BCUT2D eigenvalue weighted by atomic mass is 9.35. The fourth-order valence-electron chi connectivity index (χ4n) is 8.94. The summed E-state index contributed by atoms with van der Waals surface area (Å²) in [5.74, 6) is 1.33. The molecule has 1 N–H and O–H groups in total. The molecule has 0 radical (unpaired) electrons. The Morgan fingerprint density at radius 1 is 1.06 bits per heavy atom. The molecule has 6 unspecified atom stereocenters. The van der Waals surface area contributed by atoms with Gasteiger partial charge in [0.1, 0.15) is 0 Å². The van der Waals surface area contributed by atoms with Gasteiger partial charge >= 0.3 is 5.97 Å². The molecule has 5 fully saturated rings. The van der Waals surface area contributed by atoms with Gasteiger partial charge in [0.2, 0.25) is 0 Å². The highest BCUT2D eigenvalue weighted by Crippen LogP contribution is 2.72. The Balaban J connectivity index is 1.41. The molecule has 174 valence electrons. The summed E-state index contributed by atoms with van der Waals surface area (Å²) in [7, 11) is 0. The number of ether oxygens (including phenoxy) is 1. The van der Waals surface area contributed by atoms with E-state index in [1.54, 1.807) is 6.08 Å². The maximum atomic E-state index is 12.8. The number of benzene rings is 1. The molecular weight excluding hydrogens is 396 g/mol. The van der Waals surface area contributed by atoms with E-state index in [4.69, 9.17) is 4.74 Å². The van der Waals surface area contributed by atoms with E-state index in [0.717, 1.165) is 31.2 Å². The third-order valence-electron chi connectivity index (χ3n) is 10.3. The Kier molecular flexibility index (Phi) is 5.36. The lowest BCUT2D eigenvalue weighted by molar-refractivity contribution is -0.246. The molecule has 1 spiro atoms. The standard InChI is InChI=1S/C29H40O3/c1-26(2)14-7-15-29(20-32-25(30)11-10-21-8-5-4-6-9-21)23(26)13-17-28-16-12-22(18-24(28)29)27(3,31)19-28/h4-6,8-11,22-24,31H,7,12-20H2,1-3H3/b11-10+. The first-order valence-corrected chi connectivity index (χ1v) is 12.8. The van der Waals surface area contributed by atoms with Crippen molar-refractivity contribution in [2.24, 2.45) is 34.0 Å². The van der Waals surface area contributed by atoms with Crippen LogP contribution in [0.3, 0.4) is 0 Å². The normalized spacial score (nSPS) is 42.3. The number of aliphatic hydroxyl groups is 1. The van der Waals surface area contributed by atoms with Gasteiger partial charge in [0.15, 0.2) is 0 Å². The van der Waals surface area contributed by atoms with Gasteiger partial charge in [0.25, 0.3) is 0 Å². The van der Waals surface area contributed by atoms with Crippen LogP contribution in [0.2, 0.25) is 0 Å². The molecule has 0 saturated heterocycles. The fraction of sp³-hybridized carbons (Fsp3) is 0.690. The third-order valence-corrected chi connectivity index (χ3v) is 10.3. The van der Waals surface area contributed by atoms with Crippen molar-refractivity contribution < 1.29 is 14.6 Å². The van der Waals surface area contributed by atoms with E-state index in [0.29, 0.717) is 24.4 Å². The van der Waals surface area contributed by atoms with Crippen LogP contribution in [0.5, 0.6) is 0 Å². The summed E-state index contributed by atoms with van der Waals surface area (Å²) in [6.45, 7) is 7.50. The lowest BCUT2D eigenvalue weighted by Crippen LogP contribution is -2.66. The van der Waals surface area contributed by atoms with E-state index in [-0.39, 0.29) is 22.2 Å². The summed E-state index contributed by atoms with van der Waals surface area (Å²) in [6.07, 6.45) is 14.0. The van der Waals surface area contributed by atoms with Crippen molar-refractivity contribution >= 4 is 12.0 Å². The molecule has 1 aromatic carbocycles. The summed E-state index contributed by atoms with van der Waals surface area (Å²) in [4.78, 5) is 12.8. The Labute approximate surface area is 193 Å². The second kappa shape index (κ2) is 7.72. The Hall–Kier alpha value is -1.61. The second-order valence-corrected chi connectivity index (χ2v) is 12.4. The van der Waals surface area contributed by atoms with E-state index in [9.17, 15) is 9.90 Å². The maximum Gasteiger partial charge on any atom is 0.330 e. The van der Waals surface area contributed by atoms with Crippen LogP contribution < -0.4 is 0 Å². The number of hydrogen-bond acceptors (Lipinski definition) is 3. The molecule has 6 atom stereocenters. The van der Waals surface area contributed by atoms with Crippen LogP contribution in [0.15, 0.2) is 36.4 Å². The third kappa shape index (κ3) is 3.56. The zero-order valence-electron chi connectivity index (χ0n) is 20.1. The number of hydrogen-bond donors (Lipinski definition) is 1. The molecule has 5 aliphatic carbocycles. The van der Waals surface area contributed by atoms with Gasteiger partial charge in [0.05, 0.1) is 12.2 Å². The molecular formula is C29H40O3. The van der Waals surface area contributed by atoms with Gasteiger partial charge < -0.3 is 9.84 Å². The quantitative estimate of drug-likeness (QED) is 0.438. The largest absolute Gasteiger partial charge is 0.462 e. The smallest absolute Gasteiger partial charge is 0.330 e. The van der Waals surface area contributed by atoms with Gasteiger partial charge in [0, 0.05) is 11.5 Å². The SMILES string of the molecule is CC1(C)CCCC2(COC(=O)/C=C/c3ccccc3)C1CCC13CCC(CC12)C(C)(O)C3. The molecule has 32 heavy (non-hydrogen) atoms. The highest BCUT2D eigenvalue weighted by molar-refractivity contribution is 5.87. The van der Waals surface area contributed by atoms with Crippen LogP contribution >= 0.6 is 0 Å². The van der Waals surface area contributed by atoms with Crippen molar-refractivity contribution in [1.82, 2.24) is 0 Å². The Morgan fingerprint density at radius 2 is 1.81 bits per heavy atom. The first-order chi connectivity index (χ1) is 15.2. The van der Waals surface area contributed by atoms with Gasteiger partial charge in [-0.25, -0.2) is 4.79 Å². The minimum Gasteiger partial charge on any atom is -0.462 e.